The number of pyridine rings is 1. The van der Waals surface area contributed by atoms with Crippen LogP contribution in [0.15, 0.2) is 6.07 Å². The molecule has 0 unspecified atom stereocenters. The van der Waals surface area contributed by atoms with E-state index in [1.54, 1.807) is 4.68 Å². The molecule has 1 aliphatic carbocycles. The second-order valence-electron chi connectivity index (χ2n) is 7.34. The maximum absolute atomic E-state index is 13.1. The number of carbonyl (C=O) groups excluding carboxylic acids is 1. The third-order valence-electron chi connectivity index (χ3n) is 5.43. The van der Waals surface area contributed by atoms with Gasteiger partial charge in [-0.2, -0.15) is 5.10 Å². The fraction of sp³-hybridized carbons (Fsp3) is 0.550. The van der Waals surface area contributed by atoms with Gasteiger partial charge in [-0.1, -0.05) is 5.92 Å². The molecule has 1 aliphatic heterocycles. The van der Waals surface area contributed by atoms with Crippen LogP contribution in [0, 0.1) is 25.2 Å². The van der Waals surface area contributed by atoms with Crippen molar-refractivity contribution in [2.75, 3.05) is 13.2 Å². The van der Waals surface area contributed by atoms with Gasteiger partial charge in [0.1, 0.15) is 0 Å². The first-order valence-electron chi connectivity index (χ1n) is 9.27. The Labute approximate surface area is 153 Å². The van der Waals surface area contributed by atoms with E-state index in [1.165, 1.54) is 0 Å². The molecule has 2 aromatic rings. The van der Waals surface area contributed by atoms with E-state index in [4.69, 9.17) is 16.1 Å². The lowest BCUT2D eigenvalue weighted by Crippen LogP contribution is -2.41. The number of nitrogens with one attached hydrogen (secondary N) is 1. The molecular formula is C20H24N4O2. The summed E-state index contributed by atoms with van der Waals surface area (Å²) in [5, 5.41) is 8.35. The quantitative estimate of drug-likeness (QED) is 0.858. The van der Waals surface area contributed by atoms with Gasteiger partial charge in [-0.05, 0) is 44.6 Å². The third-order valence-corrected chi connectivity index (χ3v) is 5.43. The van der Waals surface area contributed by atoms with Gasteiger partial charge in [-0.25, -0.2) is 4.98 Å². The molecule has 0 aromatic carbocycles. The highest BCUT2D eigenvalue weighted by Crippen LogP contribution is 2.40. The third kappa shape index (κ3) is 3.08. The number of aromatic nitrogens is 3. The van der Waals surface area contributed by atoms with Crippen molar-refractivity contribution in [3.05, 3.63) is 23.0 Å². The Morgan fingerprint density at radius 2 is 2.12 bits per heavy atom. The maximum Gasteiger partial charge on any atom is 0.253 e. The Morgan fingerprint density at radius 1 is 1.38 bits per heavy atom. The number of ether oxygens (including phenoxy) is 1. The number of carbonyl (C=O) groups is 1. The first-order chi connectivity index (χ1) is 12.6. The van der Waals surface area contributed by atoms with Crippen molar-refractivity contribution < 1.29 is 9.53 Å². The molecule has 1 saturated carbocycles. The van der Waals surface area contributed by atoms with Gasteiger partial charge in [0.2, 0.25) is 0 Å². The molecule has 26 heavy (non-hydrogen) atoms. The lowest BCUT2D eigenvalue weighted by Gasteiger charge is -2.27. The van der Waals surface area contributed by atoms with Crippen molar-refractivity contribution in [3.63, 3.8) is 0 Å². The zero-order chi connectivity index (χ0) is 18.3. The van der Waals surface area contributed by atoms with Crippen LogP contribution in [0.4, 0.5) is 0 Å². The van der Waals surface area contributed by atoms with E-state index in [9.17, 15) is 4.79 Å². The first-order valence-corrected chi connectivity index (χ1v) is 9.27. The molecule has 6 nitrogen and oxygen atoms in total. The lowest BCUT2D eigenvalue weighted by molar-refractivity contribution is 0.0579. The molecule has 2 aromatic heterocycles. The van der Waals surface area contributed by atoms with Crippen molar-refractivity contribution in [3.8, 4) is 12.3 Å². The molecule has 1 N–H and O–H groups in total. The van der Waals surface area contributed by atoms with Gasteiger partial charge in [0.05, 0.1) is 22.7 Å². The second kappa shape index (κ2) is 6.73. The van der Waals surface area contributed by atoms with Crippen molar-refractivity contribution >= 4 is 16.9 Å². The van der Waals surface area contributed by atoms with Gasteiger partial charge in [0.15, 0.2) is 5.65 Å². The summed E-state index contributed by atoms with van der Waals surface area (Å²) in [5.74, 6) is 3.35. The largest absolute Gasteiger partial charge is 0.381 e. The van der Waals surface area contributed by atoms with E-state index >= 15 is 0 Å². The Bertz CT molecular complexity index is 885. The standard InChI is InChI=1S/C20H24N4O2/c1-4-16(14-7-9-26-10-8-14)22-20(25)15-11-17(13-5-6-13)21-19-18(15)12(2)23-24(19)3/h1,11,13-14,16H,5-10H2,2-3H3,(H,22,25)/t16-/m0/s1. The molecule has 1 saturated heterocycles. The van der Waals surface area contributed by atoms with Gasteiger partial charge in [-0.15, -0.1) is 6.42 Å². The molecule has 0 spiro atoms. The average molecular weight is 352 g/mol. The van der Waals surface area contributed by atoms with Crippen LogP contribution in [0.1, 0.15) is 53.3 Å². The summed E-state index contributed by atoms with van der Waals surface area (Å²) >= 11 is 0. The SMILES string of the molecule is C#C[C@H](NC(=O)c1cc(C2CC2)nc2c1c(C)nn2C)C1CCOCC1. The molecule has 2 fully saturated rings. The number of aryl methyl sites for hydroxylation is 2. The fourth-order valence-electron chi connectivity index (χ4n) is 3.80. The van der Waals surface area contributed by atoms with Gasteiger partial charge >= 0.3 is 0 Å². The second-order valence-corrected chi connectivity index (χ2v) is 7.34. The zero-order valence-corrected chi connectivity index (χ0v) is 15.3. The minimum Gasteiger partial charge on any atom is -0.381 e. The summed E-state index contributed by atoms with van der Waals surface area (Å²) in [4.78, 5) is 17.9. The fourth-order valence-corrected chi connectivity index (χ4v) is 3.80. The highest BCUT2D eigenvalue weighted by molar-refractivity contribution is 6.06. The number of hydrogen-bond donors (Lipinski definition) is 1. The monoisotopic (exact) mass is 352 g/mol. The molecule has 0 radical (unpaired) electrons. The van der Waals surface area contributed by atoms with Crippen molar-refractivity contribution in [1.29, 1.82) is 0 Å². The van der Waals surface area contributed by atoms with Crippen LogP contribution < -0.4 is 5.32 Å². The number of nitrogens with zero attached hydrogens (tertiary/aromatic N) is 3. The zero-order valence-electron chi connectivity index (χ0n) is 15.3. The van der Waals surface area contributed by atoms with E-state index in [1.807, 2.05) is 20.0 Å². The maximum atomic E-state index is 13.1. The van der Waals surface area contributed by atoms with Crippen LogP contribution >= 0.6 is 0 Å². The molecule has 4 rings (SSSR count). The smallest absolute Gasteiger partial charge is 0.253 e. The summed E-state index contributed by atoms with van der Waals surface area (Å²) in [5.41, 5.74) is 3.19. The lowest BCUT2D eigenvalue weighted by atomic mass is 9.92. The van der Waals surface area contributed by atoms with E-state index in [0.717, 1.165) is 48.1 Å². The molecule has 1 amide bonds. The van der Waals surface area contributed by atoms with E-state index in [2.05, 4.69) is 16.3 Å². The van der Waals surface area contributed by atoms with Gasteiger partial charge < -0.3 is 10.1 Å². The van der Waals surface area contributed by atoms with Crippen molar-refractivity contribution in [2.24, 2.45) is 13.0 Å². The molecular weight excluding hydrogens is 328 g/mol. The minimum absolute atomic E-state index is 0.134. The van der Waals surface area contributed by atoms with Gasteiger partial charge in [0.25, 0.3) is 5.91 Å². The Hall–Kier alpha value is -2.39. The van der Waals surface area contributed by atoms with E-state index < -0.39 is 0 Å². The van der Waals surface area contributed by atoms with Gasteiger partial charge in [0, 0.05) is 31.9 Å². The van der Waals surface area contributed by atoms with E-state index in [-0.39, 0.29) is 17.9 Å². The highest BCUT2D eigenvalue weighted by atomic mass is 16.5. The number of terminal acetylenes is 1. The van der Waals surface area contributed by atoms with Crippen LogP contribution in [-0.2, 0) is 11.8 Å². The number of fused-ring (bicyclic) bond motifs is 1. The summed E-state index contributed by atoms with van der Waals surface area (Å²) in [7, 11) is 1.87. The Kier molecular flexibility index (Phi) is 4.41. The summed E-state index contributed by atoms with van der Waals surface area (Å²) in [6, 6.07) is 1.65. The molecule has 2 aliphatic rings. The Balaban J connectivity index is 1.68. The van der Waals surface area contributed by atoms with Crippen LogP contribution in [0.2, 0.25) is 0 Å². The summed E-state index contributed by atoms with van der Waals surface area (Å²) in [6.45, 7) is 3.31. The minimum atomic E-state index is -0.282. The Morgan fingerprint density at radius 3 is 2.77 bits per heavy atom. The molecule has 3 heterocycles. The topological polar surface area (TPSA) is 69.0 Å². The van der Waals surface area contributed by atoms with Crippen molar-refractivity contribution in [2.45, 2.75) is 44.6 Å². The van der Waals surface area contributed by atoms with Crippen LogP contribution in [0.25, 0.3) is 11.0 Å². The summed E-state index contributed by atoms with van der Waals surface area (Å²) in [6.07, 6.45) is 9.74. The van der Waals surface area contributed by atoms with Crippen LogP contribution in [0.3, 0.4) is 0 Å². The highest BCUT2D eigenvalue weighted by Gasteiger charge is 2.30. The predicted molar refractivity (Wildman–Crippen MR) is 98.9 cm³/mol. The van der Waals surface area contributed by atoms with Crippen LogP contribution in [0.5, 0.6) is 0 Å². The van der Waals surface area contributed by atoms with Crippen molar-refractivity contribution in [1.82, 2.24) is 20.1 Å². The molecule has 1 atom stereocenters. The normalized spacial score (nSPS) is 19.3. The summed E-state index contributed by atoms with van der Waals surface area (Å²) < 4.78 is 7.16. The predicted octanol–water partition coefficient (Wildman–Crippen LogP) is 2.31. The molecule has 136 valence electrons. The number of amides is 1. The first kappa shape index (κ1) is 17.0. The average Bonchev–Trinajstić information content (AvgIpc) is 3.46. The number of hydrogen-bond acceptors (Lipinski definition) is 4. The van der Waals surface area contributed by atoms with Crippen LogP contribution in [-0.4, -0.2) is 39.9 Å². The van der Waals surface area contributed by atoms with Gasteiger partial charge in [-0.3, -0.25) is 9.48 Å². The number of rotatable bonds is 4. The molecule has 6 heteroatoms. The molecule has 0 bridgehead atoms. The van der Waals surface area contributed by atoms with E-state index in [0.29, 0.717) is 24.7 Å².